The van der Waals surface area contributed by atoms with Crippen LogP contribution in [0.25, 0.3) is 4.98 Å². The van der Waals surface area contributed by atoms with Gasteiger partial charge in [0.05, 0.1) is 4.83 Å². The smallest absolute Gasteiger partial charge is 0.388 e. The van der Waals surface area contributed by atoms with Crippen LogP contribution < -0.4 is 0 Å². The number of unbranched alkanes of at least 4 members (excludes halogenated alkanes) is 13. The molecule has 1 N–H and O–H groups in total. The van der Waals surface area contributed by atoms with Crippen molar-refractivity contribution in [2.75, 3.05) is 0 Å². The zero-order valence-electron chi connectivity index (χ0n) is 15.0. The molecule has 0 aliphatic heterocycles. The van der Waals surface area contributed by atoms with E-state index < -0.39 is 0 Å². The summed E-state index contributed by atoms with van der Waals surface area (Å²) in [5.74, 6) is 0.0993. The Balaban J connectivity index is 3.19. The number of nitrogens with zero attached hydrogens (tertiary/aromatic N) is 2. The van der Waals surface area contributed by atoms with Crippen LogP contribution in [-0.2, 0) is 0 Å². The van der Waals surface area contributed by atoms with E-state index in [1.807, 2.05) is 0 Å². The minimum atomic E-state index is -0.0873. The van der Waals surface area contributed by atoms with E-state index in [-0.39, 0.29) is 10.6 Å². The van der Waals surface area contributed by atoms with Gasteiger partial charge in [-0.1, -0.05) is 113 Å². The van der Waals surface area contributed by atoms with E-state index in [2.05, 4.69) is 27.8 Å². The third kappa shape index (κ3) is 16.1. The van der Waals surface area contributed by atoms with Crippen molar-refractivity contribution in [1.82, 2.24) is 0 Å². The highest BCUT2D eigenvalue weighted by atomic mass is 79.9. The van der Waals surface area contributed by atoms with Gasteiger partial charge in [0.15, 0.2) is 10.7 Å². The lowest BCUT2D eigenvalue weighted by Crippen LogP contribution is -2.01. The minimum absolute atomic E-state index is 0.0873. The lowest BCUT2D eigenvalue weighted by molar-refractivity contribution is 0.387. The Bertz CT molecular complexity index is 326. The molecule has 0 spiro atoms. The van der Waals surface area contributed by atoms with Crippen LogP contribution in [0.3, 0.4) is 0 Å². The quantitative estimate of drug-likeness (QED) is 0.127. The third-order valence-electron chi connectivity index (χ3n) is 4.32. The van der Waals surface area contributed by atoms with E-state index in [0.717, 1.165) is 19.0 Å². The number of aliphatic hydroxyl groups is 1. The van der Waals surface area contributed by atoms with Gasteiger partial charge in [-0.15, -0.1) is 0 Å². The molecule has 0 heterocycles. The summed E-state index contributed by atoms with van der Waals surface area (Å²) in [6.45, 7) is 2.27. The molecular weight excluding hydrogens is 352 g/mol. The molecule has 0 aliphatic rings. The second-order valence-corrected chi connectivity index (χ2v) is 7.63. The Morgan fingerprint density at radius 3 is 1.65 bits per heavy atom. The second kappa shape index (κ2) is 17.8. The van der Waals surface area contributed by atoms with Crippen LogP contribution in [-0.4, -0.2) is 9.93 Å². The van der Waals surface area contributed by atoms with Crippen LogP contribution in [0.2, 0.25) is 0 Å². The molecule has 0 amide bonds. The minimum Gasteiger partial charge on any atom is -0.505 e. The normalized spacial score (nSPS) is 13.0. The lowest BCUT2D eigenvalue weighted by atomic mass is 10.0. The van der Waals surface area contributed by atoms with Crippen molar-refractivity contribution in [2.24, 2.45) is 0 Å². The summed E-state index contributed by atoms with van der Waals surface area (Å²) in [4.78, 5) is 2.75. The highest BCUT2D eigenvalue weighted by molar-refractivity contribution is 9.09. The number of alkyl halides is 1. The standard InChI is InChI=1S/C19H35BrN2O/c1-2-3-4-5-6-7-8-9-10-11-12-13-14-15-16-18(20)19(23)17-22-21/h17-18H,2-16H2,1H3/p+1/b19-17-. The Labute approximate surface area is 151 Å². The predicted molar refractivity (Wildman–Crippen MR) is 103 cm³/mol. The van der Waals surface area contributed by atoms with Crippen LogP contribution in [0.1, 0.15) is 103 Å². The Morgan fingerprint density at radius 2 is 1.26 bits per heavy atom. The maximum absolute atomic E-state index is 9.48. The predicted octanol–water partition coefficient (Wildman–Crippen LogP) is 7.87. The van der Waals surface area contributed by atoms with Gasteiger partial charge in [0.25, 0.3) is 0 Å². The van der Waals surface area contributed by atoms with E-state index in [1.165, 1.54) is 83.5 Å². The zero-order valence-corrected chi connectivity index (χ0v) is 16.6. The topological polar surface area (TPSA) is 48.4 Å². The molecule has 0 bridgehead atoms. The van der Waals surface area contributed by atoms with Gasteiger partial charge >= 0.3 is 6.20 Å². The van der Waals surface area contributed by atoms with Gasteiger partial charge in [-0.25, -0.2) is 0 Å². The van der Waals surface area contributed by atoms with Gasteiger partial charge in [-0.05, 0) is 6.42 Å². The first-order valence-electron chi connectivity index (χ1n) is 9.59. The third-order valence-corrected chi connectivity index (χ3v) is 5.25. The zero-order chi connectivity index (χ0) is 17.2. The second-order valence-electron chi connectivity index (χ2n) is 6.52. The Kier molecular flexibility index (Phi) is 17.4. The molecule has 0 saturated carbocycles. The average molecular weight is 388 g/mol. The molecule has 0 fully saturated rings. The van der Waals surface area contributed by atoms with Crippen LogP contribution >= 0.6 is 15.9 Å². The number of aliphatic hydroxyl groups excluding tert-OH is 1. The van der Waals surface area contributed by atoms with E-state index in [4.69, 9.17) is 5.39 Å². The maximum atomic E-state index is 9.48. The van der Waals surface area contributed by atoms with Gasteiger partial charge in [0.1, 0.15) is 0 Å². The molecule has 0 rings (SSSR count). The monoisotopic (exact) mass is 387 g/mol. The van der Waals surface area contributed by atoms with Gasteiger partial charge in [-0.2, -0.15) is 0 Å². The van der Waals surface area contributed by atoms with Crippen molar-refractivity contribution in [3.63, 3.8) is 0 Å². The molecule has 0 aromatic heterocycles. The van der Waals surface area contributed by atoms with E-state index >= 15 is 0 Å². The van der Waals surface area contributed by atoms with Crippen molar-refractivity contribution in [3.05, 3.63) is 16.9 Å². The summed E-state index contributed by atoms with van der Waals surface area (Å²) in [5, 5.41) is 17.8. The number of allylic oxidation sites excluding steroid dienone is 1. The summed E-state index contributed by atoms with van der Waals surface area (Å²) >= 11 is 3.39. The number of halogens is 1. The number of hydrogen-bond donors (Lipinski definition) is 1. The largest absolute Gasteiger partial charge is 0.505 e. The van der Waals surface area contributed by atoms with Crippen molar-refractivity contribution in [2.45, 2.75) is 108 Å². The van der Waals surface area contributed by atoms with Gasteiger partial charge in [-0.3, -0.25) is 0 Å². The summed E-state index contributed by atoms with van der Waals surface area (Å²) < 4.78 is 0. The van der Waals surface area contributed by atoms with E-state index in [9.17, 15) is 5.11 Å². The van der Waals surface area contributed by atoms with E-state index in [1.54, 1.807) is 0 Å². The fraction of sp³-hybridized carbons (Fsp3) is 0.895. The molecule has 0 saturated heterocycles. The fourth-order valence-electron chi connectivity index (χ4n) is 2.81. The Hall–Kier alpha value is -0.560. The molecule has 0 aromatic carbocycles. The summed E-state index contributed by atoms with van der Waals surface area (Å²) in [6.07, 6.45) is 20.9. The molecule has 4 heteroatoms. The van der Waals surface area contributed by atoms with Crippen molar-refractivity contribution < 1.29 is 5.11 Å². The summed E-state index contributed by atoms with van der Waals surface area (Å²) in [5.41, 5.74) is 0. The highest BCUT2D eigenvalue weighted by Crippen LogP contribution is 2.19. The molecular formula is C19H36BrN2O+. The van der Waals surface area contributed by atoms with E-state index in [0.29, 0.717) is 0 Å². The maximum Gasteiger partial charge on any atom is 0.388 e. The van der Waals surface area contributed by atoms with Crippen molar-refractivity contribution >= 4 is 15.9 Å². The Morgan fingerprint density at radius 1 is 0.870 bits per heavy atom. The molecule has 134 valence electrons. The molecule has 23 heavy (non-hydrogen) atoms. The van der Waals surface area contributed by atoms with Crippen molar-refractivity contribution in [3.8, 4) is 0 Å². The average Bonchev–Trinajstić information content (AvgIpc) is 2.55. The van der Waals surface area contributed by atoms with Crippen LogP contribution in [0, 0.1) is 5.39 Å². The first-order valence-corrected chi connectivity index (χ1v) is 10.5. The van der Waals surface area contributed by atoms with Crippen LogP contribution in [0.5, 0.6) is 0 Å². The van der Waals surface area contributed by atoms with Crippen LogP contribution in [0.15, 0.2) is 12.0 Å². The van der Waals surface area contributed by atoms with Gasteiger partial charge < -0.3 is 5.11 Å². The first-order chi connectivity index (χ1) is 11.2. The highest BCUT2D eigenvalue weighted by Gasteiger charge is 2.12. The van der Waals surface area contributed by atoms with Gasteiger partial charge in [0.2, 0.25) is 5.39 Å². The summed E-state index contributed by atoms with van der Waals surface area (Å²) in [6, 6.07) is 0. The molecule has 0 radical (unpaired) electrons. The fourth-order valence-corrected chi connectivity index (χ4v) is 3.25. The lowest BCUT2D eigenvalue weighted by Gasteiger charge is -2.06. The number of rotatable bonds is 16. The number of hydrogen-bond acceptors (Lipinski definition) is 2. The number of diazo groups is 1. The van der Waals surface area contributed by atoms with Crippen LogP contribution in [0.4, 0.5) is 0 Å². The molecule has 1 atom stereocenters. The SMILES string of the molecule is CCCCCCCCCCCCCCCCC(Br)/C(O)=C/[N+]#N. The molecule has 0 aliphatic carbocycles. The molecule has 3 nitrogen and oxygen atoms in total. The first kappa shape index (κ1) is 22.4. The summed E-state index contributed by atoms with van der Waals surface area (Å²) in [7, 11) is 0. The van der Waals surface area contributed by atoms with Gasteiger partial charge in [0, 0.05) is 0 Å². The van der Waals surface area contributed by atoms with Crippen molar-refractivity contribution in [1.29, 1.82) is 5.39 Å². The molecule has 1 unspecified atom stereocenters. The molecule has 0 aromatic rings.